The van der Waals surface area contributed by atoms with Gasteiger partial charge in [0.1, 0.15) is 12.1 Å². The molecule has 1 fully saturated rings. The van der Waals surface area contributed by atoms with Crippen molar-refractivity contribution in [1.82, 2.24) is 19.7 Å². The highest BCUT2D eigenvalue weighted by Crippen LogP contribution is 2.39. The highest BCUT2D eigenvalue weighted by molar-refractivity contribution is 6.31. The molecule has 0 N–H and O–H groups in total. The standard InChI is InChI=1S/C16H16ClN5/c1-21-15-12(9-20-21)16(19-10-18-15)22-8-4-7-14(22)11-5-2-3-6-13(11)17/h2-3,5-6,9-10,14H,4,7-8H2,1H3/t14-/m1/s1. The summed E-state index contributed by atoms with van der Waals surface area (Å²) < 4.78 is 1.78. The fourth-order valence-corrected chi connectivity index (χ4v) is 3.53. The number of rotatable bonds is 2. The topological polar surface area (TPSA) is 46.8 Å². The van der Waals surface area contributed by atoms with Crippen molar-refractivity contribution in [3.8, 4) is 0 Å². The van der Waals surface area contributed by atoms with Gasteiger partial charge in [0.15, 0.2) is 5.65 Å². The third-order valence-corrected chi connectivity index (χ3v) is 4.64. The van der Waals surface area contributed by atoms with E-state index in [2.05, 4.69) is 26.0 Å². The van der Waals surface area contributed by atoms with E-state index in [0.29, 0.717) is 0 Å². The lowest BCUT2D eigenvalue weighted by Gasteiger charge is -2.27. The Bertz CT molecular complexity index is 828. The first-order valence-electron chi connectivity index (χ1n) is 7.39. The minimum atomic E-state index is 0.256. The summed E-state index contributed by atoms with van der Waals surface area (Å²) in [5, 5.41) is 6.11. The van der Waals surface area contributed by atoms with E-state index in [1.54, 1.807) is 11.0 Å². The number of benzene rings is 1. The van der Waals surface area contributed by atoms with Crippen LogP contribution in [0, 0.1) is 0 Å². The van der Waals surface area contributed by atoms with E-state index in [0.717, 1.165) is 46.8 Å². The summed E-state index contributed by atoms with van der Waals surface area (Å²) in [6.45, 7) is 0.969. The molecular weight excluding hydrogens is 298 g/mol. The van der Waals surface area contributed by atoms with Crippen molar-refractivity contribution in [3.63, 3.8) is 0 Å². The molecule has 0 amide bonds. The Morgan fingerprint density at radius 3 is 2.95 bits per heavy atom. The Labute approximate surface area is 133 Å². The van der Waals surface area contributed by atoms with Crippen LogP contribution in [0.3, 0.4) is 0 Å². The fourth-order valence-electron chi connectivity index (χ4n) is 3.27. The van der Waals surface area contributed by atoms with E-state index in [1.807, 2.05) is 31.4 Å². The molecule has 3 aromatic rings. The van der Waals surface area contributed by atoms with Crippen LogP contribution in [0.1, 0.15) is 24.4 Å². The van der Waals surface area contributed by atoms with Crippen LogP contribution in [-0.2, 0) is 7.05 Å². The van der Waals surface area contributed by atoms with Crippen molar-refractivity contribution >= 4 is 28.5 Å². The predicted octanol–water partition coefficient (Wildman–Crippen LogP) is 3.36. The Balaban J connectivity index is 1.82. The maximum Gasteiger partial charge on any atom is 0.163 e. The summed E-state index contributed by atoms with van der Waals surface area (Å²) >= 11 is 6.40. The molecule has 0 saturated carbocycles. The van der Waals surface area contributed by atoms with Gasteiger partial charge in [-0.2, -0.15) is 5.10 Å². The SMILES string of the molecule is Cn1ncc2c(N3CCC[C@@H]3c3ccccc3Cl)ncnc21. The Kier molecular flexibility index (Phi) is 3.22. The van der Waals surface area contributed by atoms with E-state index in [9.17, 15) is 0 Å². The average Bonchev–Trinajstić information content (AvgIpc) is 3.15. The summed E-state index contributed by atoms with van der Waals surface area (Å²) in [7, 11) is 1.90. The van der Waals surface area contributed by atoms with Crippen LogP contribution < -0.4 is 4.90 Å². The number of halogens is 1. The van der Waals surface area contributed by atoms with E-state index < -0.39 is 0 Å². The number of aromatic nitrogens is 4. The number of aryl methyl sites for hydroxylation is 1. The van der Waals surface area contributed by atoms with E-state index in [4.69, 9.17) is 11.6 Å². The monoisotopic (exact) mass is 313 g/mol. The number of nitrogens with zero attached hydrogens (tertiary/aromatic N) is 5. The first-order chi connectivity index (χ1) is 10.8. The smallest absolute Gasteiger partial charge is 0.163 e. The van der Waals surface area contributed by atoms with Crippen LogP contribution in [0.4, 0.5) is 5.82 Å². The second kappa shape index (κ2) is 5.25. The minimum Gasteiger partial charge on any atom is -0.349 e. The lowest BCUT2D eigenvalue weighted by Crippen LogP contribution is -2.24. The van der Waals surface area contributed by atoms with Gasteiger partial charge >= 0.3 is 0 Å². The second-order valence-electron chi connectivity index (χ2n) is 5.58. The molecule has 0 spiro atoms. The zero-order valence-corrected chi connectivity index (χ0v) is 13.0. The number of hydrogen-bond acceptors (Lipinski definition) is 4. The third kappa shape index (κ3) is 2.04. The van der Waals surface area contributed by atoms with Gasteiger partial charge in [0.05, 0.1) is 17.6 Å². The van der Waals surface area contributed by atoms with Crippen molar-refractivity contribution in [2.45, 2.75) is 18.9 Å². The zero-order valence-electron chi connectivity index (χ0n) is 12.3. The first-order valence-corrected chi connectivity index (χ1v) is 7.77. The van der Waals surface area contributed by atoms with Crippen LogP contribution in [0.15, 0.2) is 36.8 Å². The third-order valence-electron chi connectivity index (χ3n) is 4.30. The average molecular weight is 314 g/mol. The molecule has 112 valence electrons. The Morgan fingerprint density at radius 2 is 2.09 bits per heavy atom. The molecule has 1 aliphatic rings. The van der Waals surface area contributed by atoms with Crippen molar-refractivity contribution in [2.75, 3.05) is 11.4 Å². The molecule has 4 rings (SSSR count). The minimum absolute atomic E-state index is 0.256. The molecular formula is C16H16ClN5. The molecule has 0 bridgehead atoms. The van der Waals surface area contributed by atoms with Crippen LogP contribution in [-0.4, -0.2) is 26.3 Å². The highest BCUT2D eigenvalue weighted by Gasteiger charge is 2.30. The van der Waals surface area contributed by atoms with Gasteiger partial charge in [-0.05, 0) is 24.5 Å². The Hall–Kier alpha value is -2.14. The molecule has 6 heteroatoms. The van der Waals surface area contributed by atoms with Gasteiger partial charge in [-0.25, -0.2) is 9.97 Å². The normalized spacial score (nSPS) is 18.3. The largest absolute Gasteiger partial charge is 0.349 e. The molecule has 22 heavy (non-hydrogen) atoms. The van der Waals surface area contributed by atoms with Crippen LogP contribution >= 0.6 is 11.6 Å². The highest BCUT2D eigenvalue weighted by atomic mass is 35.5. The maximum atomic E-state index is 6.40. The van der Waals surface area contributed by atoms with E-state index in [-0.39, 0.29) is 6.04 Å². The van der Waals surface area contributed by atoms with Crippen molar-refractivity contribution in [1.29, 1.82) is 0 Å². The lowest BCUT2D eigenvalue weighted by atomic mass is 10.0. The maximum absolute atomic E-state index is 6.40. The molecule has 0 unspecified atom stereocenters. The Morgan fingerprint density at radius 1 is 1.23 bits per heavy atom. The number of hydrogen-bond donors (Lipinski definition) is 0. The summed E-state index contributed by atoms with van der Waals surface area (Å²) in [6, 6.07) is 8.32. The first kappa shape index (κ1) is 13.5. The van der Waals surface area contributed by atoms with Crippen LogP contribution in [0.5, 0.6) is 0 Å². The fraction of sp³-hybridized carbons (Fsp3) is 0.312. The lowest BCUT2D eigenvalue weighted by molar-refractivity contribution is 0.713. The number of fused-ring (bicyclic) bond motifs is 1. The molecule has 3 heterocycles. The van der Waals surface area contributed by atoms with Crippen molar-refractivity contribution in [2.24, 2.45) is 7.05 Å². The van der Waals surface area contributed by atoms with Crippen LogP contribution in [0.2, 0.25) is 5.02 Å². The molecule has 1 aliphatic heterocycles. The zero-order chi connectivity index (χ0) is 15.1. The van der Waals surface area contributed by atoms with Gasteiger partial charge in [0.25, 0.3) is 0 Å². The molecule has 1 aromatic carbocycles. The van der Waals surface area contributed by atoms with Crippen LogP contribution in [0.25, 0.3) is 11.0 Å². The quantitative estimate of drug-likeness (QED) is 0.728. The molecule has 5 nitrogen and oxygen atoms in total. The molecule has 1 atom stereocenters. The number of anilines is 1. The van der Waals surface area contributed by atoms with E-state index >= 15 is 0 Å². The van der Waals surface area contributed by atoms with Gasteiger partial charge in [0.2, 0.25) is 0 Å². The van der Waals surface area contributed by atoms with Gasteiger partial charge in [-0.15, -0.1) is 0 Å². The molecule has 0 radical (unpaired) electrons. The molecule has 1 saturated heterocycles. The predicted molar refractivity (Wildman–Crippen MR) is 87.1 cm³/mol. The van der Waals surface area contributed by atoms with Gasteiger partial charge in [0, 0.05) is 18.6 Å². The van der Waals surface area contributed by atoms with Gasteiger partial charge in [-0.3, -0.25) is 4.68 Å². The second-order valence-corrected chi connectivity index (χ2v) is 5.98. The summed E-state index contributed by atoms with van der Waals surface area (Å²) in [6.07, 6.45) is 5.66. The van der Waals surface area contributed by atoms with Gasteiger partial charge < -0.3 is 4.90 Å². The summed E-state index contributed by atoms with van der Waals surface area (Å²) in [5.41, 5.74) is 2.02. The summed E-state index contributed by atoms with van der Waals surface area (Å²) in [4.78, 5) is 11.2. The summed E-state index contributed by atoms with van der Waals surface area (Å²) in [5.74, 6) is 0.945. The molecule has 2 aromatic heterocycles. The van der Waals surface area contributed by atoms with Crippen molar-refractivity contribution in [3.05, 3.63) is 47.4 Å². The van der Waals surface area contributed by atoms with Gasteiger partial charge in [-0.1, -0.05) is 29.8 Å². The van der Waals surface area contributed by atoms with Crippen molar-refractivity contribution < 1.29 is 0 Å². The molecule has 0 aliphatic carbocycles. The van der Waals surface area contributed by atoms with E-state index in [1.165, 1.54) is 0 Å².